The molecule has 0 spiro atoms. The zero-order chi connectivity index (χ0) is 20.0. The zero-order valence-corrected chi connectivity index (χ0v) is 17.8. The fourth-order valence-corrected chi connectivity index (χ4v) is 5.52. The van der Waals surface area contributed by atoms with Crippen LogP contribution in [0.2, 0.25) is 5.15 Å². The second kappa shape index (κ2) is 7.01. The Morgan fingerprint density at radius 2 is 1.45 bits per heavy atom. The van der Waals surface area contributed by atoms with E-state index in [4.69, 9.17) is 16.6 Å². The number of aromatic nitrogens is 2. The lowest BCUT2D eigenvalue weighted by Gasteiger charge is -2.34. The molecule has 2 heterocycles. The third kappa shape index (κ3) is 3.25. The molecule has 1 aliphatic rings. The summed E-state index contributed by atoms with van der Waals surface area (Å²) in [6, 6.07) is 27.0. The minimum atomic E-state index is -0.0335. The maximum Gasteiger partial charge on any atom is 0.161 e. The molecule has 5 rings (SSSR count). The summed E-state index contributed by atoms with van der Waals surface area (Å²) in [6.45, 7) is 4.58. The maximum absolute atomic E-state index is 6.35. The predicted octanol–water partition coefficient (Wildman–Crippen LogP) is 7.25. The topological polar surface area (TPSA) is 25.8 Å². The van der Waals surface area contributed by atoms with E-state index in [0.717, 1.165) is 16.8 Å². The number of benzene rings is 3. The summed E-state index contributed by atoms with van der Waals surface area (Å²) in [6.07, 6.45) is 0. The Labute approximate surface area is 180 Å². The molecule has 0 N–H and O–H groups in total. The predicted molar refractivity (Wildman–Crippen MR) is 121 cm³/mol. The van der Waals surface area contributed by atoms with Gasteiger partial charge in [0.05, 0.1) is 5.69 Å². The smallest absolute Gasteiger partial charge is 0.161 e. The molecular formula is C25H19ClN2S. The standard InChI is InChI=1S/C25H19ClN2S/c1-25(2)18-10-6-7-11-21(18)29-22-14-17(12-13-19(22)25)20-15-23(26)28-24(27-20)16-8-4-3-5-9-16/h3-15H,1-2H3. The average molecular weight is 415 g/mol. The Hall–Kier alpha value is -2.62. The normalized spacial score (nSPS) is 14.2. The highest BCUT2D eigenvalue weighted by atomic mass is 35.5. The summed E-state index contributed by atoms with van der Waals surface area (Å²) in [5, 5.41) is 0.449. The van der Waals surface area contributed by atoms with Gasteiger partial charge in [0.2, 0.25) is 0 Å². The zero-order valence-electron chi connectivity index (χ0n) is 16.2. The Bertz CT molecular complexity index is 1220. The van der Waals surface area contributed by atoms with Gasteiger partial charge in [-0.2, -0.15) is 0 Å². The molecule has 0 atom stereocenters. The quantitative estimate of drug-likeness (QED) is 0.323. The highest BCUT2D eigenvalue weighted by molar-refractivity contribution is 7.99. The van der Waals surface area contributed by atoms with E-state index in [1.54, 1.807) is 0 Å². The van der Waals surface area contributed by atoms with E-state index in [0.29, 0.717) is 11.0 Å². The van der Waals surface area contributed by atoms with Crippen LogP contribution in [-0.4, -0.2) is 9.97 Å². The van der Waals surface area contributed by atoms with Crippen molar-refractivity contribution in [3.8, 4) is 22.6 Å². The van der Waals surface area contributed by atoms with E-state index in [9.17, 15) is 0 Å². The first-order valence-corrected chi connectivity index (χ1v) is 10.7. The van der Waals surface area contributed by atoms with Crippen molar-refractivity contribution in [3.05, 3.63) is 95.1 Å². The molecule has 0 aliphatic carbocycles. The third-order valence-corrected chi connectivity index (χ3v) is 6.79. The van der Waals surface area contributed by atoms with E-state index in [1.807, 2.05) is 48.2 Å². The van der Waals surface area contributed by atoms with Crippen LogP contribution >= 0.6 is 23.4 Å². The first-order chi connectivity index (χ1) is 14.0. The van der Waals surface area contributed by atoms with Crippen LogP contribution in [0, 0.1) is 0 Å². The second-order valence-corrected chi connectivity index (χ2v) is 9.17. The fourth-order valence-electron chi connectivity index (χ4n) is 3.90. The lowest BCUT2D eigenvalue weighted by atomic mass is 9.77. The SMILES string of the molecule is CC1(C)c2ccccc2Sc2cc(-c3cc(Cl)nc(-c4ccccc4)n3)ccc21. The van der Waals surface area contributed by atoms with Crippen molar-refractivity contribution in [2.24, 2.45) is 0 Å². The Kier molecular flexibility index (Phi) is 4.45. The second-order valence-electron chi connectivity index (χ2n) is 7.70. The van der Waals surface area contributed by atoms with E-state index < -0.39 is 0 Å². The van der Waals surface area contributed by atoms with Gasteiger partial charge in [0.1, 0.15) is 5.15 Å². The average Bonchev–Trinajstić information content (AvgIpc) is 2.74. The van der Waals surface area contributed by atoms with Gasteiger partial charge in [-0.3, -0.25) is 0 Å². The van der Waals surface area contributed by atoms with Gasteiger partial charge >= 0.3 is 0 Å². The molecule has 1 aromatic heterocycles. The molecule has 0 saturated carbocycles. The molecule has 4 heteroatoms. The van der Waals surface area contributed by atoms with Gasteiger partial charge in [-0.25, -0.2) is 9.97 Å². The van der Waals surface area contributed by atoms with Gasteiger partial charge in [0, 0.05) is 32.4 Å². The molecule has 4 aromatic rings. The lowest BCUT2D eigenvalue weighted by Crippen LogP contribution is -2.23. The first kappa shape index (κ1) is 18.4. The molecule has 0 fully saturated rings. The number of nitrogens with zero attached hydrogens (tertiary/aromatic N) is 2. The van der Waals surface area contributed by atoms with E-state index >= 15 is 0 Å². The van der Waals surface area contributed by atoms with Crippen molar-refractivity contribution in [3.63, 3.8) is 0 Å². The van der Waals surface area contributed by atoms with Crippen molar-refractivity contribution >= 4 is 23.4 Å². The van der Waals surface area contributed by atoms with Gasteiger partial charge in [-0.1, -0.05) is 97.9 Å². The minimum absolute atomic E-state index is 0.0335. The number of halogens is 1. The van der Waals surface area contributed by atoms with E-state index in [1.165, 1.54) is 20.9 Å². The van der Waals surface area contributed by atoms with Crippen LogP contribution in [0.25, 0.3) is 22.6 Å². The number of hydrogen-bond donors (Lipinski definition) is 0. The molecule has 0 radical (unpaired) electrons. The molecular weight excluding hydrogens is 396 g/mol. The molecule has 142 valence electrons. The van der Waals surface area contributed by atoms with Crippen LogP contribution in [0.4, 0.5) is 0 Å². The van der Waals surface area contributed by atoms with Gasteiger partial charge in [0.15, 0.2) is 5.82 Å². The largest absolute Gasteiger partial charge is 0.228 e. The molecule has 0 unspecified atom stereocenters. The Morgan fingerprint density at radius 1 is 0.724 bits per heavy atom. The van der Waals surface area contributed by atoms with Gasteiger partial charge < -0.3 is 0 Å². The maximum atomic E-state index is 6.35. The summed E-state index contributed by atoms with van der Waals surface area (Å²) in [7, 11) is 0. The van der Waals surface area contributed by atoms with Gasteiger partial charge in [-0.15, -0.1) is 0 Å². The summed E-state index contributed by atoms with van der Waals surface area (Å²) < 4.78 is 0. The molecule has 29 heavy (non-hydrogen) atoms. The highest BCUT2D eigenvalue weighted by Gasteiger charge is 2.32. The van der Waals surface area contributed by atoms with Crippen molar-refractivity contribution in [1.82, 2.24) is 9.97 Å². The van der Waals surface area contributed by atoms with Gasteiger partial charge in [-0.05, 0) is 23.3 Å². The van der Waals surface area contributed by atoms with E-state index in [2.05, 4.69) is 61.3 Å². The molecule has 3 aromatic carbocycles. The van der Waals surface area contributed by atoms with Crippen molar-refractivity contribution < 1.29 is 0 Å². The van der Waals surface area contributed by atoms with Crippen molar-refractivity contribution in [1.29, 1.82) is 0 Å². The van der Waals surface area contributed by atoms with Crippen molar-refractivity contribution in [2.75, 3.05) is 0 Å². The van der Waals surface area contributed by atoms with Crippen molar-refractivity contribution in [2.45, 2.75) is 29.1 Å². The van der Waals surface area contributed by atoms with Crippen LogP contribution in [0.5, 0.6) is 0 Å². The minimum Gasteiger partial charge on any atom is -0.228 e. The third-order valence-electron chi connectivity index (χ3n) is 5.46. The summed E-state index contributed by atoms with van der Waals surface area (Å²) in [4.78, 5) is 11.8. The highest BCUT2D eigenvalue weighted by Crippen LogP contribution is 2.49. The molecule has 0 bridgehead atoms. The summed E-state index contributed by atoms with van der Waals surface area (Å²) in [5.74, 6) is 0.643. The molecule has 0 amide bonds. The van der Waals surface area contributed by atoms with Crippen LogP contribution in [0.15, 0.2) is 88.7 Å². The summed E-state index contributed by atoms with van der Waals surface area (Å²) in [5.41, 5.74) is 5.53. The summed E-state index contributed by atoms with van der Waals surface area (Å²) >= 11 is 8.17. The van der Waals surface area contributed by atoms with E-state index in [-0.39, 0.29) is 5.41 Å². The number of fused-ring (bicyclic) bond motifs is 2. The van der Waals surface area contributed by atoms with Gasteiger partial charge in [0.25, 0.3) is 0 Å². The fraction of sp³-hybridized carbons (Fsp3) is 0.120. The molecule has 2 nitrogen and oxygen atoms in total. The Balaban J connectivity index is 1.61. The lowest BCUT2D eigenvalue weighted by molar-refractivity contribution is 0.607. The van der Waals surface area contributed by atoms with Crippen LogP contribution in [0.3, 0.4) is 0 Å². The van der Waals surface area contributed by atoms with Crippen LogP contribution < -0.4 is 0 Å². The number of rotatable bonds is 2. The monoisotopic (exact) mass is 414 g/mol. The molecule has 1 aliphatic heterocycles. The van der Waals surface area contributed by atoms with Crippen LogP contribution in [-0.2, 0) is 5.41 Å². The first-order valence-electron chi connectivity index (χ1n) is 9.55. The number of hydrogen-bond acceptors (Lipinski definition) is 3. The molecule has 0 saturated heterocycles. The van der Waals surface area contributed by atoms with Crippen LogP contribution in [0.1, 0.15) is 25.0 Å². The Morgan fingerprint density at radius 3 is 2.28 bits per heavy atom.